The Kier molecular flexibility index (Phi) is 5.23. The lowest BCUT2D eigenvalue weighted by atomic mass is 10.2. The van der Waals surface area contributed by atoms with Gasteiger partial charge in [0.2, 0.25) is 0 Å². The van der Waals surface area contributed by atoms with Crippen LogP contribution in [0.3, 0.4) is 0 Å². The Bertz CT molecular complexity index is 974. The molecule has 8 heteroatoms. The third kappa shape index (κ3) is 4.13. The van der Waals surface area contributed by atoms with Crippen molar-refractivity contribution in [2.24, 2.45) is 0 Å². The van der Waals surface area contributed by atoms with Gasteiger partial charge in [-0.1, -0.05) is 11.8 Å². The van der Waals surface area contributed by atoms with Crippen molar-refractivity contribution in [2.75, 3.05) is 0 Å². The minimum absolute atomic E-state index is 0.409. The van der Waals surface area contributed by atoms with E-state index in [9.17, 15) is 9.90 Å². The summed E-state index contributed by atoms with van der Waals surface area (Å²) in [6, 6.07) is 12.4. The van der Waals surface area contributed by atoms with Crippen LogP contribution in [0.5, 0.6) is 5.75 Å². The van der Waals surface area contributed by atoms with Crippen molar-refractivity contribution < 1.29 is 19.1 Å². The molecule has 7 nitrogen and oxygen atoms in total. The second kappa shape index (κ2) is 7.95. The molecule has 3 heterocycles. The van der Waals surface area contributed by atoms with Crippen LogP contribution in [0.2, 0.25) is 0 Å². The lowest BCUT2D eigenvalue weighted by Gasteiger charge is -2.12. The average Bonchev–Trinajstić information content (AvgIpc) is 3.26. The fraction of sp³-hybridized carbons (Fsp3) is 0.200. The summed E-state index contributed by atoms with van der Waals surface area (Å²) in [6.07, 6.45) is 2.29. The molecule has 3 N–H and O–H groups in total. The summed E-state index contributed by atoms with van der Waals surface area (Å²) in [7, 11) is 0. The zero-order valence-corrected chi connectivity index (χ0v) is 15.9. The molecule has 1 aliphatic heterocycles. The monoisotopic (exact) mass is 397 g/mol. The number of hydrogen-bond donors (Lipinski definition) is 3. The number of carbonyl (C=O) groups is 1. The lowest BCUT2D eigenvalue weighted by molar-refractivity contribution is 0.129. The number of hydrogen-bond acceptors (Lipinski definition) is 6. The number of pyridine rings is 1. The zero-order chi connectivity index (χ0) is 19.5. The maximum absolute atomic E-state index is 11.4. The van der Waals surface area contributed by atoms with Gasteiger partial charge in [0.05, 0.1) is 16.9 Å². The number of nitrogens with zero attached hydrogens (tertiary/aromatic N) is 1. The Hall–Kier alpha value is -2.97. The van der Waals surface area contributed by atoms with E-state index in [-0.39, 0.29) is 0 Å². The van der Waals surface area contributed by atoms with Crippen LogP contribution in [0.4, 0.5) is 4.79 Å². The van der Waals surface area contributed by atoms with Crippen molar-refractivity contribution in [3.8, 4) is 5.75 Å². The molecule has 2 unspecified atom stereocenters. The first kappa shape index (κ1) is 18.4. The third-order valence-electron chi connectivity index (χ3n) is 4.23. The van der Waals surface area contributed by atoms with Crippen LogP contribution in [0.15, 0.2) is 69.1 Å². The van der Waals surface area contributed by atoms with Crippen LogP contribution in [-0.2, 0) is 6.61 Å². The molecule has 1 saturated heterocycles. The molecule has 1 aliphatic rings. The van der Waals surface area contributed by atoms with Gasteiger partial charge in [-0.05, 0) is 55.0 Å². The highest BCUT2D eigenvalue weighted by Gasteiger charge is 2.35. The van der Waals surface area contributed by atoms with E-state index in [4.69, 9.17) is 9.15 Å². The highest BCUT2D eigenvalue weighted by Crippen LogP contribution is 2.36. The van der Waals surface area contributed by atoms with Crippen LogP contribution in [0, 0.1) is 6.92 Å². The normalized spacial score (nSPS) is 18.6. The number of aliphatic hydroxyl groups excluding tert-OH is 1. The molecular weight excluding hydrogens is 378 g/mol. The number of aryl methyl sites for hydroxylation is 1. The molecule has 2 amide bonds. The summed E-state index contributed by atoms with van der Waals surface area (Å²) in [6.45, 7) is 2.43. The number of ether oxygens (including phenoxy) is 1. The molecule has 0 bridgehead atoms. The van der Waals surface area contributed by atoms with Gasteiger partial charge in [0.25, 0.3) is 0 Å². The summed E-state index contributed by atoms with van der Waals surface area (Å²) in [5.41, 5.74) is 2.03. The average molecular weight is 397 g/mol. The molecule has 0 radical (unpaired) electrons. The van der Waals surface area contributed by atoms with Gasteiger partial charge in [0.15, 0.2) is 6.23 Å². The van der Waals surface area contributed by atoms with Gasteiger partial charge < -0.3 is 24.9 Å². The van der Waals surface area contributed by atoms with Gasteiger partial charge in [-0.15, -0.1) is 0 Å². The van der Waals surface area contributed by atoms with E-state index in [1.54, 1.807) is 12.5 Å². The molecule has 0 aliphatic carbocycles. The molecule has 3 aromatic rings. The first-order valence-electron chi connectivity index (χ1n) is 8.73. The van der Waals surface area contributed by atoms with Gasteiger partial charge in [-0.3, -0.25) is 4.98 Å². The largest absolute Gasteiger partial charge is 0.487 e. The predicted octanol–water partition coefficient (Wildman–Crippen LogP) is 3.39. The van der Waals surface area contributed by atoms with Gasteiger partial charge in [0.1, 0.15) is 24.2 Å². The van der Waals surface area contributed by atoms with Gasteiger partial charge in [0, 0.05) is 11.1 Å². The number of aromatic nitrogens is 1. The maximum atomic E-state index is 11.4. The van der Waals surface area contributed by atoms with Crippen LogP contribution in [0.25, 0.3) is 0 Å². The van der Waals surface area contributed by atoms with E-state index in [2.05, 4.69) is 15.6 Å². The number of aliphatic hydroxyl groups is 1. The fourth-order valence-corrected chi connectivity index (χ4v) is 3.80. The number of carbonyl (C=O) groups excluding carboxylic acids is 1. The Labute approximate surface area is 166 Å². The van der Waals surface area contributed by atoms with Crippen molar-refractivity contribution in [1.29, 1.82) is 0 Å². The van der Waals surface area contributed by atoms with Crippen LogP contribution < -0.4 is 15.4 Å². The van der Waals surface area contributed by atoms with Gasteiger partial charge >= 0.3 is 6.03 Å². The van der Waals surface area contributed by atoms with Crippen LogP contribution in [0.1, 0.15) is 23.1 Å². The summed E-state index contributed by atoms with van der Waals surface area (Å²) < 4.78 is 11.3. The lowest BCUT2D eigenvalue weighted by Crippen LogP contribution is -2.26. The minimum atomic E-state index is -1.02. The van der Waals surface area contributed by atoms with Gasteiger partial charge in [-0.25, -0.2) is 4.79 Å². The van der Waals surface area contributed by atoms with Crippen molar-refractivity contribution in [2.45, 2.75) is 35.6 Å². The highest BCUT2D eigenvalue weighted by atomic mass is 32.2. The molecule has 1 fully saturated rings. The number of nitrogens with one attached hydrogen (secondary N) is 2. The maximum Gasteiger partial charge on any atom is 0.317 e. The number of furan rings is 1. The van der Waals surface area contributed by atoms with Crippen molar-refractivity contribution >= 4 is 17.8 Å². The van der Waals surface area contributed by atoms with Crippen LogP contribution in [-0.4, -0.2) is 22.3 Å². The molecule has 1 aromatic carbocycles. The third-order valence-corrected chi connectivity index (χ3v) is 5.30. The smallest absolute Gasteiger partial charge is 0.317 e. The number of amides is 2. The highest BCUT2D eigenvalue weighted by molar-refractivity contribution is 7.99. The van der Waals surface area contributed by atoms with Crippen molar-refractivity contribution in [3.05, 3.63) is 71.9 Å². The molecule has 2 atom stereocenters. The quantitative estimate of drug-likeness (QED) is 0.590. The molecule has 2 aromatic heterocycles. The Morgan fingerprint density at radius 1 is 1.21 bits per heavy atom. The topological polar surface area (TPSA) is 96.6 Å². The molecule has 4 rings (SSSR count). The Balaban J connectivity index is 1.40. The Morgan fingerprint density at radius 3 is 2.75 bits per heavy atom. The van der Waals surface area contributed by atoms with E-state index < -0.39 is 18.3 Å². The first-order chi connectivity index (χ1) is 13.6. The number of benzene rings is 1. The molecule has 0 spiro atoms. The second-order valence-corrected chi connectivity index (χ2v) is 7.49. The second-order valence-electron chi connectivity index (χ2n) is 6.38. The number of urea groups is 1. The summed E-state index contributed by atoms with van der Waals surface area (Å²) in [5, 5.41) is 15.0. The minimum Gasteiger partial charge on any atom is -0.487 e. The van der Waals surface area contributed by atoms with E-state index in [0.717, 1.165) is 26.8 Å². The first-order valence-corrected chi connectivity index (χ1v) is 9.55. The van der Waals surface area contributed by atoms with Crippen LogP contribution >= 0.6 is 11.8 Å². The fourth-order valence-electron chi connectivity index (χ4n) is 2.87. The predicted molar refractivity (Wildman–Crippen MR) is 103 cm³/mol. The standard InChI is InChI=1S/C20H19N3O4S/c1-12-6-8-21-13(10-12)11-27-14-2-4-15(5-3-14)28-16-7-9-26-18(16)17-19(24)23-20(25)22-17/h2-10,17,19,24H,11H2,1H3,(H2,22,23,25). The van der Waals surface area contributed by atoms with E-state index in [1.165, 1.54) is 11.8 Å². The molecule has 0 saturated carbocycles. The van der Waals surface area contributed by atoms with E-state index in [1.807, 2.05) is 49.4 Å². The van der Waals surface area contributed by atoms with E-state index >= 15 is 0 Å². The Morgan fingerprint density at radius 2 is 2.04 bits per heavy atom. The molecule has 144 valence electrons. The van der Waals surface area contributed by atoms with Crippen molar-refractivity contribution in [1.82, 2.24) is 15.6 Å². The van der Waals surface area contributed by atoms with Gasteiger partial charge in [-0.2, -0.15) is 0 Å². The molecule has 28 heavy (non-hydrogen) atoms. The summed E-state index contributed by atoms with van der Waals surface area (Å²) >= 11 is 1.48. The summed E-state index contributed by atoms with van der Waals surface area (Å²) in [5.74, 6) is 1.27. The van der Waals surface area contributed by atoms with E-state index in [0.29, 0.717) is 12.4 Å². The van der Waals surface area contributed by atoms with Crippen molar-refractivity contribution in [3.63, 3.8) is 0 Å². The summed E-state index contributed by atoms with van der Waals surface area (Å²) in [4.78, 5) is 17.5. The number of rotatable bonds is 6. The SMILES string of the molecule is Cc1ccnc(COc2ccc(Sc3ccoc3C3NC(=O)NC3O)cc2)c1. The molecular formula is C20H19N3O4S. The zero-order valence-electron chi connectivity index (χ0n) is 15.1.